The van der Waals surface area contributed by atoms with Gasteiger partial charge in [-0.3, -0.25) is 4.68 Å². The van der Waals surface area contributed by atoms with Crippen molar-refractivity contribution in [2.24, 2.45) is 0 Å². The molecular formula is C31H26N4O3. The highest BCUT2D eigenvalue weighted by molar-refractivity contribution is 5.91. The molecule has 0 saturated carbocycles. The van der Waals surface area contributed by atoms with Gasteiger partial charge in [0.2, 0.25) is 0 Å². The van der Waals surface area contributed by atoms with Crippen LogP contribution in [0.3, 0.4) is 0 Å². The normalized spacial score (nSPS) is 12.9. The zero-order chi connectivity index (χ0) is 26.1. The van der Waals surface area contributed by atoms with Crippen LogP contribution in [0.5, 0.6) is 5.75 Å². The van der Waals surface area contributed by atoms with Crippen LogP contribution in [0.25, 0.3) is 11.3 Å². The predicted molar refractivity (Wildman–Crippen MR) is 143 cm³/mol. The molecule has 6 rings (SSSR count). The van der Waals surface area contributed by atoms with Gasteiger partial charge in [0, 0.05) is 29.1 Å². The Kier molecular flexibility index (Phi) is 6.17. The summed E-state index contributed by atoms with van der Waals surface area (Å²) in [5.41, 5.74) is 7.94. The van der Waals surface area contributed by atoms with Gasteiger partial charge in [-0.2, -0.15) is 5.10 Å². The predicted octanol–water partition coefficient (Wildman–Crippen LogP) is 5.66. The summed E-state index contributed by atoms with van der Waals surface area (Å²) in [6, 6.07) is 24.1. The lowest BCUT2D eigenvalue weighted by Crippen LogP contribution is -2.17. The fraction of sp³-hybridized carbons (Fsp3) is 0.161. The smallest absolute Gasteiger partial charge is 0.356 e. The molecule has 1 atom stereocenters. The van der Waals surface area contributed by atoms with Crippen molar-refractivity contribution >= 4 is 5.97 Å². The van der Waals surface area contributed by atoms with E-state index in [-0.39, 0.29) is 11.7 Å². The third-order valence-corrected chi connectivity index (χ3v) is 6.92. The van der Waals surface area contributed by atoms with E-state index in [9.17, 15) is 9.90 Å². The number of aromatic nitrogens is 4. The third kappa shape index (κ3) is 4.43. The highest BCUT2D eigenvalue weighted by Gasteiger charge is 2.32. The zero-order valence-corrected chi connectivity index (χ0v) is 20.9. The van der Waals surface area contributed by atoms with Crippen molar-refractivity contribution in [3.8, 4) is 17.0 Å². The Morgan fingerprint density at radius 2 is 1.76 bits per heavy atom. The highest BCUT2D eigenvalue weighted by Crippen LogP contribution is 2.41. The van der Waals surface area contributed by atoms with E-state index < -0.39 is 5.97 Å². The summed E-state index contributed by atoms with van der Waals surface area (Å²) in [6.45, 7) is 2.43. The molecule has 3 aromatic carbocycles. The van der Waals surface area contributed by atoms with Crippen LogP contribution >= 0.6 is 0 Å². The first-order chi connectivity index (χ1) is 18.6. The molecule has 0 bridgehead atoms. The van der Waals surface area contributed by atoms with Crippen LogP contribution in [0.1, 0.15) is 49.9 Å². The zero-order valence-electron chi connectivity index (χ0n) is 20.9. The van der Waals surface area contributed by atoms with Crippen LogP contribution in [-0.4, -0.2) is 30.8 Å². The summed E-state index contributed by atoms with van der Waals surface area (Å²) in [5, 5.41) is 14.8. The first kappa shape index (κ1) is 23.6. The van der Waals surface area contributed by atoms with Crippen molar-refractivity contribution in [1.82, 2.24) is 19.7 Å². The molecule has 0 aliphatic heterocycles. The molecule has 1 N–H and O–H groups in total. The van der Waals surface area contributed by atoms with Crippen molar-refractivity contribution < 1.29 is 14.6 Å². The molecule has 1 aliphatic rings. The lowest BCUT2D eigenvalue weighted by atomic mass is 9.88. The molecule has 2 heterocycles. The number of aromatic carboxylic acids is 1. The second kappa shape index (κ2) is 9.94. The molecule has 0 saturated heterocycles. The fourth-order valence-electron chi connectivity index (χ4n) is 5.23. The van der Waals surface area contributed by atoms with Crippen molar-refractivity contribution in [2.75, 3.05) is 0 Å². The summed E-state index contributed by atoms with van der Waals surface area (Å²) in [5.74, 6) is -0.261. The molecular weight excluding hydrogens is 476 g/mol. The number of carbonyl (C=O) groups is 1. The van der Waals surface area contributed by atoms with E-state index in [4.69, 9.17) is 9.84 Å². The molecule has 1 unspecified atom stereocenters. The number of hydrogen-bond acceptors (Lipinski definition) is 5. The van der Waals surface area contributed by atoms with Gasteiger partial charge in [0.1, 0.15) is 24.7 Å². The monoisotopic (exact) mass is 502 g/mol. The summed E-state index contributed by atoms with van der Waals surface area (Å²) in [6.07, 6.45) is 6.26. The van der Waals surface area contributed by atoms with Gasteiger partial charge in [0.25, 0.3) is 0 Å². The van der Waals surface area contributed by atoms with Gasteiger partial charge in [0.15, 0.2) is 5.69 Å². The van der Waals surface area contributed by atoms with Gasteiger partial charge in [-0.25, -0.2) is 14.8 Å². The van der Waals surface area contributed by atoms with E-state index in [0.29, 0.717) is 19.4 Å². The number of ether oxygens (including phenoxy) is 1. The van der Waals surface area contributed by atoms with Gasteiger partial charge < -0.3 is 9.84 Å². The number of aryl methyl sites for hydroxylation is 2. The molecule has 1 aliphatic carbocycles. The molecule has 5 aromatic rings. The van der Waals surface area contributed by atoms with Crippen LogP contribution in [0.2, 0.25) is 0 Å². The van der Waals surface area contributed by atoms with Gasteiger partial charge >= 0.3 is 5.97 Å². The third-order valence-electron chi connectivity index (χ3n) is 6.92. The van der Waals surface area contributed by atoms with E-state index in [0.717, 1.165) is 50.4 Å². The molecule has 188 valence electrons. The van der Waals surface area contributed by atoms with Gasteiger partial charge in [-0.15, -0.1) is 0 Å². The second-order valence-electron chi connectivity index (χ2n) is 9.51. The van der Waals surface area contributed by atoms with Crippen molar-refractivity contribution in [3.63, 3.8) is 0 Å². The van der Waals surface area contributed by atoms with E-state index in [1.54, 1.807) is 12.4 Å². The van der Waals surface area contributed by atoms with Crippen LogP contribution in [0.15, 0.2) is 91.5 Å². The molecule has 38 heavy (non-hydrogen) atoms. The Bertz CT molecular complexity index is 1610. The first-order valence-electron chi connectivity index (χ1n) is 12.5. The lowest BCUT2D eigenvalue weighted by molar-refractivity contribution is 0.0688. The van der Waals surface area contributed by atoms with Crippen LogP contribution in [0, 0.1) is 6.92 Å². The Hall–Kier alpha value is -4.78. The van der Waals surface area contributed by atoms with E-state index in [1.165, 1.54) is 6.33 Å². The highest BCUT2D eigenvalue weighted by atomic mass is 16.5. The van der Waals surface area contributed by atoms with E-state index in [2.05, 4.69) is 47.2 Å². The number of carboxylic acid groups (broad SMARTS) is 1. The molecule has 2 aromatic heterocycles. The Morgan fingerprint density at radius 3 is 2.53 bits per heavy atom. The number of benzene rings is 3. The molecule has 7 heteroatoms. The summed E-state index contributed by atoms with van der Waals surface area (Å²) in [7, 11) is 0. The minimum Gasteiger partial charge on any atom is -0.489 e. The number of rotatable bonds is 7. The summed E-state index contributed by atoms with van der Waals surface area (Å²) < 4.78 is 7.93. The minimum atomic E-state index is -1.01. The number of carboxylic acids is 1. The Balaban J connectivity index is 1.47. The first-order valence-corrected chi connectivity index (χ1v) is 12.5. The maximum Gasteiger partial charge on any atom is 0.356 e. The molecule has 7 nitrogen and oxygen atoms in total. The average molecular weight is 503 g/mol. The maximum atomic E-state index is 12.3. The standard InChI is InChI=1S/C31H26N4O3/c1-20-6-5-9-24(14-20)29(22-7-3-2-4-8-22)35-30-26-13-11-25(38-18-21-16-32-19-33-17-21)15-23(26)10-12-27(30)28(34-35)31(36)37/h2-9,11,13-17,19,29H,10,12,18H2,1H3,(H,36,37). The Labute approximate surface area is 220 Å². The number of hydrogen-bond donors (Lipinski definition) is 1. The lowest BCUT2D eigenvalue weighted by Gasteiger charge is -2.25. The fourth-order valence-corrected chi connectivity index (χ4v) is 5.23. The maximum absolute atomic E-state index is 12.3. The quantitative estimate of drug-likeness (QED) is 0.309. The molecule has 0 fully saturated rings. The van der Waals surface area contributed by atoms with E-state index in [1.807, 2.05) is 47.1 Å². The summed E-state index contributed by atoms with van der Waals surface area (Å²) >= 11 is 0. The van der Waals surface area contributed by atoms with Gasteiger partial charge in [0.05, 0.1) is 5.69 Å². The van der Waals surface area contributed by atoms with Crippen molar-refractivity contribution in [1.29, 1.82) is 0 Å². The average Bonchev–Trinajstić information content (AvgIpc) is 3.33. The minimum absolute atomic E-state index is 0.114. The molecule has 0 radical (unpaired) electrons. The topological polar surface area (TPSA) is 90.1 Å². The second-order valence-corrected chi connectivity index (χ2v) is 9.51. The molecule has 0 amide bonds. The van der Waals surface area contributed by atoms with Crippen LogP contribution < -0.4 is 4.74 Å². The van der Waals surface area contributed by atoms with E-state index >= 15 is 0 Å². The van der Waals surface area contributed by atoms with Crippen LogP contribution in [0.4, 0.5) is 0 Å². The summed E-state index contributed by atoms with van der Waals surface area (Å²) in [4.78, 5) is 20.4. The van der Waals surface area contributed by atoms with Crippen LogP contribution in [-0.2, 0) is 19.4 Å². The van der Waals surface area contributed by atoms with Crippen molar-refractivity contribution in [2.45, 2.75) is 32.4 Å². The Morgan fingerprint density at radius 1 is 0.974 bits per heavy atom. The van der Waals surface area contributed by atoms with Gasteiger partial charge in [-0.05, 0) is 54.7 Å². The SMILES string of the molecule is Cc1cccc(C(c2ccccc2)n2nc(C(=O)O)c3c2-c2ccc(OCc4cncnc4)cc2CC3)c1. The number of fused-ring (bicyclic) bond motifs is 3. The molecule has 0 spiro atoms. The van der Waals surface area contributed by atoms with Gasteiger partial charge in [-0.1, -0.05) is 60.2 Å². The largest absolute Gasteiger partial charge is 0.489 e. The number of nitrogens with zero attached hydrogens (tertiary/aromatic N) is 4. The van der Waals surface area contributed by atoms with Crippen molar-refractivity contribution in [3.05, 3.63) is 131 Å².